The van der Waals surface area contributed by atoms with Crippen LogP contribution >= 0.6 is 0 Å². The third-order valence-electron chi connectivity index (χ3n) is 4.91. The topological polar surface area (TPSA) is 79.9 Å². The van der Waals surface area contributed by atoms with Crippen molar-refractivity contribution >= 4 is 12.0 Å². The number of ether oxygens (including phenoxy) is 2. The third kappa shape index (κ3) is 4.60. The van der Waals surface area contributed by atoms with E-state index in [2.05, 4.69) is 15.5 Å². The zero-order valence-corrected chi connectivity index (χ0v) is 15.9. The number of esters is 1. The zero-order valence-electron chi connectivity index (χ0n) is 15.9. The first-order valence-corrected chi connectivity index (χ1v) is 9.46. The normalized spacial score (nSPS) is 20.7. The molecule has 0 bridgehead atoms. The molecule has 2 heterocycles. The van der Waals surface area contributed by atoms with Gasteiger partial charge in [-0.25, -0.2) is 9.59 Å². The molecular formula is C20H27N3O4. The maximum absolute atomic E-state index is 12.8. The van der Waals surface area contributed by atoms with Gasteiger partial charge in [0.25, 0.3) is 0 Å². The first-order valence-electron chi connectivity index (χ1n) is 9.46. The molecule has 1 aromatic rings. The van der Waals surface area contributed by atoms with E-state index in [-0.39, 0.29) is 12.6 Å². The van der Waals surface area contributed by atoms with Crippen molar-refractivity contribution in [3.63, 3.8) is 0 Å². The van der Waals surface area contributed by atoms with Crippen molar-refractivity contribution in [1.29, 1.82) is 0 Å². The molecule has 1 atom stereocenters. The van der Waals surface area contributed by atoms with Crippen LogP contribution in [0.1, 0.15) is 37.8 Å². The second-order valence-electron chi connectivity index (χ2n) is 6.76. The number of amides is 2. The highest BCUT2D eigenvalue weighted by molar-refractivity contribution is 5.95. The number of nitrogens with one attached hydrogen (secondary N) is 2. The highest BCUT2D eigenvalue weighted by Gasteiger charge is 2.34. The lowest BCUT2D eigenvalue weighted by Gasteiger charge is -2.33. The summed E-state index contributed by atoms with van der Waals surface area (Å²) in [6, 6.07) is 6.48. The summed E-state index contributed by atoms with van der Waals surface area (Å²) in [4.78, 5) is 27.4. The lowest BCUT2D eigenvalue weighted by Crippen LogP contribution is -2.49. The Morgan fingerprint density at radius 1 is 1.26 bits per heavy atom. The van der Waals surface area contributed by atoms with Gasteiger partial charge in [0, 0.05) is 12.2 Å². The average Bonchev–Trinajstić information content (AvgIpc) is 2.68. The first kappa shape index (κ1) is 19.2. The summed E-state index contributed by atoms with van der Waals surface area (Å²) in [7, 11) is 1.59. The summed E-state index contributed by atoms with van der Waals surface area (Å²) in [6.07, 6.45) is 3.49. The summed E-state index contributed by atoms with van der Waals surface area (Å²) < 4.78 is 10.6. The van der Waals surface area contributed by atoms with E-state index in [1.165, 1.54) is 6.42 Å². The Bertz CT molecular complexity index is 726. The van der Waals surface area contributed by atoms with Crippen LogP contribution in [0.4, 0.5) is 4.79 Å². The van der Waals surface area contributed by atoms with Gasteiger partial charge >= 0.3 is 12.0 Å². The molecule has 146 valence electrons. The monoisotopic (exact) mass is 373 g/mol. The fourth-order valence-electron chi connectivity index (χ4n) is 3.60. The van der Waals surface area contributed by atoms with Crippen molar-refractivity contribution in [2.24, 2.45) is 0 Å². The molecule has 3 rings (SSSR count). The van der Waals surface area contributed by atoms with Crippen LogP contribution in [0.3, 0.4) is 0 Å². The predicted octanol–water partition coefficient (Wildman–Crippen LogP) is 2.35. The number of hydrogen-bond donors (Lipinski definition) is 2. The Labute approximate surface area is 159 Å². The van der Waals surface area contributed by atoms with Gasteiger partial charge in [-0.15, -0.1) is 0 Å². The lowest BCUT2D eigenvalue weighted by atomic mass is 9.94. The molecule has 0 radical (unpaired) electrons. The van der Waals surface area contributed by atoms with Crippen molar-refractivity contribution in [3.8, 4) is 5.75 Å². The van der Waals surface area contributed by atoms with Crippen LogP contribution in [0.5, 0.6) is 5.75 Å². The summed E-state index contributed by atoms with van der Waals surface area (Å²) in [5.74, 6) is 0.255. The largest absolute Gasteiger partial charge is 0.497 e. The molecule has 7 nitrogen and oxygen atoms in total. The van der Waals surface area contributed by atoms with Crippen molar-refractivity contribution in [2.75, 3.05) is 33.4 Å². The summed E-state index contributed by atoms with van der Waals surface area (Å²) in [6.45, 7) is 4.51. The van der Waals surface area contributed by atoms with Gasteiger partial charge in [0.2, 0.25) is 0 Å². The number of piperidine rings is 1. The molecule has 2 amide bonds. The van der Waals surface area contributed by atoms with Crippen molar-refractivity contribution in [3.05, 3.63) is 41.1 Å². The second kappa shape index (κ2) is 8.90. The highest BCUT2D eigenvalue weighted by Crippen LogP contribution is 2.30. The van der Waals surface area contributed by atoms with Gasteiger partial charge < -0.3 is 20.1 Å². The van der Waals surface area contributed by atoms with Gasteiger partial charge in [0.15, 0.2) is 0 Å². The number of carbonyl (C=O) groups excluding carboxylic acids is 2. The van der Waals surface area contributed by atoms with E-state index >= 15 is 0 Å². The predicted molar refractivity (Wildman–Crippen MR) is 101 cm³/mol. The molecule has 1 saturated heterocycles. The van der Waals surface area contributed by atoms with E-state index in [0.717, 1.165) is 31.5 Å². The average molecular weight is 373 g/mol. The number of urea groups is 1. The molecule has 0 spiro atoms. The van der Waals surface area contributed by atoms with E-state index in [9.17, 15) is 9.59 Å². The molecule has 7 heteroatoms. The Hall–Kier alpha value is -2.54. The van der Waals surface area contributed by atoms with E-state index < -0.39 is 12.0 Å². The molecule has 2 N–H and O–H groups in total. The van der Waals surface area contributed by atoms with Crippen molar-refractivity contribution in [2.45, 2.75) is 32.2 Å². The molecule has 0 aromatic heterocycles. The van der Waals surface area contributed by atoms with Crippen molar-refractivity contribution < 1.29 is 19.1 Å². The van der Waals surface area contributed by atoms with Gasteiger partial charge in [-0.2, -0.15) is 0 Å². The molecule has 2 aliphatic heterocycles. The van der Waals surface area contributed by atoms with Crippen LogP contribution in [-0.2, 0) is 9.53 Å². The zero-order chi connectivity index (χ0) is 19.2. The van der Waals surface area contributed by atoms with Crippen LogP contribution in [-0.4, -0.2) is 50.3 Å². The molecule has 1 unspecified atom stereocenters. The van der Waals surface area contributed by atoms with Crippen LogP contribution in [0.15, 0.2) is 35.5 Å². The molecule has 27 heavy (non-hydrogen) atoms. The van der Waals surface area contributed by atoms with Gasteiger partial charge in [-0.1, -0.05) is 18.6 Å². The standard InChI is InChI=1S/C20H27N3O4/c1-3-27-19(24)17-16(13-23-10-5-4-6-11-23)21-20(25)22-18(17)14-8-7-9-15(12-14)26-2/h7-9,12,18H,3-6,10-11,13H2,1-2H3,(H2,21,22,25). The molecule has 2 aliphatic rings. The number of nitrogens with zero attached hydrogens (tertiary/aromatic N) is 1. The minimum Gasteiger partial charge on any atom is -0.497 e. The number of likely N-dealkylation sites (tertiary alicyclic amines) is 1. The molecule has 1 fully saturated rings. The Kier molecular flexibility index (Phi) is 6.34. The molecule has 1 aromatic carbocycles. The van der Waals surface area contributed by atoms with Gasteiger partial charge in [0.1, 0.15) is 5.75 Å². The maximum atomic E-state index is 12.8. The SMILES string of the molecule is CCOC(=O)C1=C(CN2CCCCC2)NC(=O)NC1c1cccc(OC)c1. The van der Waals surface area contributed by atoms with Crippen LogP contribution in [0, 0.1) is 0 Å². The Balaban J connectivity index is 1.98. The third-order valence-corrected chi connectivity index (χ3v) is 4.91. The van der Waals surface area contributed by atoms with Gasteiger partial charge in [-0.05, 0) is 50.6 Å². The van der Waals surface area contributed by atoms with E-state index in [0.29, 0.717) is 23.6 Å². The summed E-state index contributed by atoms with van der Waals surface area (Å²) in [5, 5.41) is 5.70. The Morgan fingerprint density at radius 2 is 2.04 bits per heavy atom. The van der Waals surface area contributed by atoms with Gasteiger partial charge in [-0.3, -0.25) is 4.90 Å². The van der Waals surface area contributed by atoms with Crippen molar-refractivity contribution in [1.82, 2.24) is 15.5 Å². The van der Waals surface area contributed by atoms with Gasteiger partial charge in [0.05, 0.1) is 25.3 Å². The summed E-state index contributed by atoms with van der Waals surface area (Å²) >= 11 is 0. The minimum absolute atomic E-state index is 0.276. The fourth-order valence-corrected chi connectivity index (χ4v) is 3.60. The quantitative estimate of drug-likeness (QED) is 0.749. The lowest BCUT2D eigenvalue weighted by molar-refractivity contribution is -0.139. The Morgan fingerprint density at radius 3 is 2.74 bits per heavy atom. The molecule has 0 saturated carbocycles. The number of benzene rings is 1. The number of rotatable bonds is 6. The molecule has 0 aliphatic carbocycles. The highest BCUT2D eigenvalue weighted by atomic mass is 16.5. The smallest absolute Gasteiger partial charge is 0.338 e. The van der Waals surface area contributed by atoms with Crippen LogP contribution in [0.2, 0.25) is 0 Å². The second-order valence-corrected chi connectivity index (χ2v) is 6.76. The van der Waals surface area contributed by atoms with E-state index in [4.69, 9.17) is 9.47 Å². The number of hydrogen-bond acceptors (Lipinski definition) is 5. The fraction of sp³-hybridized carbons (Fsp3) is 0.500. The summed E-state index contributed by atoms with van der Waals surface area (Å²) in [5.41, 5.74) is 1.85. The number of carbonyl (C=O) groups is 2. The first-order chi connectivity index (χ1) is 13.1. The maximum Gasteiger partial charge on any atom is 0.338 e. The minimum atomic E-state index is -0.576. The van der Waals surface area contributed by atoms with E-state index in [1.807, 2.05) is 24.3 Å². The van der Waals surface area contributed by atoms with Crippen LogP contribution < -0.4 is 15.4 Å². The van der Waals surface area contributed by atoms with E-state index in [1.54, 1.807) is 14.0 Å². The molecular weight excluding hydrogens is 346 g/mol. The number of methoxy groups -OCH3 is 1. The van der Waals surface area contributed by atoms with Crippen LogP contribution in [0.25, 0.3) is 0 Å².